The normalized spacial score (nSPS) is 11.9. The lowest BCUT2D eigenvalue weighted by molar-refractivity contribution is -0.385. The fraction of sp³-hybridized carbons (Fsp3) is 0.200. The molecule has 0 spiro atoms. The molecule has 2 aromatic rings. The third-order valence-electron chi connectivity index (χ3n) is 3.29. The molecule has 0 radical (unpaired) electrons. The molecule has 2 rings (SSSR count). The molecule has 5 nitrogen and oxygen atoms in total. The van der Waals surface area contributed by atoms with Crippen LogP contribution in [0.5, 0.6) is 0 Å². The predicted molar refractivity (Wildman–Crippen MR) is 74.8 cm³/mol. The molecule has 5 heteroatoms. The van der Waals surface area contributed by atoms with Crippen LogP contribution in [0.3, 0.4) is 0 Å². The summed E-state index contributed by atoms with van der Waals surface area (Å²) in [7, 11) is 0. The Kier molecular flexibility index (Phi) is 3.89. The zero-order valence-corrected chi connectivity index (χ0v) is 11.2. The Hall–Kier alpha value is -2.56. The second-order valence-corrected chi connectivity index (χ2v) is 4.59. The van der Waals surface area contributed by atoms with Crippen LogP contribution < -0.4 is 0 Å². The number of Topliss-reactive ketones (excluding diaryl/α,β-unsaturated/α-hetero) is 1. The Morgan fingerprint density at radius 1 is 1.25 bits per heavy atom. The zero-order valence-electron chi connectivity index (χ0n) is 11.2. The minimum absolute atomic E-state index is 0.143. The number of benzene rings is 1. The quantitative estimate of drug-likeness (QED) is 0.485. The van der Waals surface area contributed by atoms with Crippen molar-refractivity contribution in [2.45, 2.75) is 19.8 Å². The van der Waals surface area contributed by atoms with Gasteiger partial charge in [0.1, 0.15) is 0 Å². The number of ketones is 1. The lowest BCUT2D eigenvalue weighted by Gasteiger charge is -2.12. The average molecular weight is 270 g/mol. The van der Waals surface area contributed by atoms with Crippen molar-refractivity contribution >= 4 is 11.5 Å². The number of aryl methyl sites for hydroxylation is 1. The fourth-order valence-electron chi connectivity index (χ4n) is 2.14. The lowest BCUT2D eigenvalue weighted by Crippen LogP contribution is -2.13. The summed E-state index contributed by atoms with van der Waals surface area (Å²) in [6.45, 7) is 3.45. The van der Waals surface area contributed by atoms with E-state index in [2.05, 4.69) is 4.98 Å². The second-order valence-electron chi connectivity index (χ2n) is 4.59. The van der Waals surface area contributed by atoms with Crippen LogP contribution in [0.15, 0.2) is 42.7 Å². The van der Waals surface area contributed by atoms with E-state index in [4.69, 9.17) is 0 Å². The summed E-state index contributed by atoms with van der Waals surface area (Å²) in [4.78, 5) is 27.0. The third kappa shape index (κ3) is 2.56. The van der Waals surface area contributed by atoms with E-state index in [0.29, 0.717) is 5.56 Å². The highest BCUT2D eigenvalue weighted by Crippen LogP contribution is 2.28. The first kappa shape index (κ1) is 13.9. The van der Waals surface area contributed by atoms with Crippen LogP contribution in [0.4, 0.5) is 5.69 Å². The molecule has 0 amide bonds. The van der Waals surface area contributed by atoms with E-state index < -0.39 is 10.8 Å². The molecule has 1 heterocycles. The van der Waals surface area contributed by atoms with Crippen LogP contribution in [-0.4, -0.2) is 15.7 Å². The van der Waals surface area contributed by atoms with Gasteiger partial charge in [0.2, 0.25) is 0 Å². The maximum absolute atomic E-state index is 12.6. The van der Waals surface area contributed by atoms with E-state index in [1.807, 2.05) is 0 Å². The van der Waals surface area contributed by atoms with Gasteiger partial charge in [-0.3, -0.25) is 19.9 Å². The minimum atomic E-state index is -0.514. The molecule has 0 fully saturated rings. The molecule has 0 bridgehead atoms. The fourth-order valence-corrected chi connectivity index (χ4v) is 2.14. The van der Waals surface area contributed by atoms with Gasteiger partial charge >= 0.3 is 0 Å². The molecule has 1 aromatic carbocycles. The van der Waals surface area contributed by atoms with Gasteiger partial charge in [0.15, 0.2) is 5.78 Å². The molecule has 0 aliphatic heterocycles. The van der Waals surface area contributed by atoms with E-state index in [1.165, 1.54) is 6.07 Å². The van der Waals surface area contributed by atoms with Gasteiger partial charge in [-0.05, 0) is 30.2 Å². The van der Waals surface area contributed by atoms with Crippen molar-refractivity contribution in [3.8, 4) is 0 Å². The molecule has 1 aromatic heterocycles. The average Bonchev–Trinajstić information content (AvgIpc) is 2.46. The van der Waals surface area contributed by atoms with Crippen molar-refractivity contribution < 1.29 is 9.72 Å². The van der Waals surface area contributed by atoms with Gasteiger partial charge in [-0.15, -0.1) is 0 Å². The number of nitro benzene ring substituents is 1. The van der Waals surface area contributed by atoms with Crippen molar-refractivity contribution in [3.63, 3.8) is 0 Å². The van der Waals surface area contributed by atoms with Crippen LogP contribution >= 0.6 is 0 Å². The van der Waals surface area contributed by atoms with Gasteiger partial charge in [-0.2, -0.15) is 0 Å². The Labute approximate surface area is 116 Å². The molecule has 0 saturated heterocycles. The molecule has 102 valence electrons. The van der Waals surface area contributed by atoms with Crippen LogP contribution in [0.25, 0.3) is 0 Å². The van der Waals surface area contributed by atoms with E-state index in [0.717, 1.165) is 5.56 Å². The number of hydrogen-bond acceptors (Lipinski definition) is 4. The molecule has 1 atom stereocenters. The molecule has 0 aliphatic rings. The number of hydrogen-bond donors (Lipinski definition) is 0. The molecular formula is C15H14N2O3. The van der Waals surface area contributed by atoms with Crippen molar-refractivity contribution in [1.82, 2.24) is 4.98 Å². The van der Waals surface area contributed by atoms with Crippen LogP contribution in [0.2, 0.25) is 0 Å². The van der Waals surface area contributed by atoms with Crippen molar-refractivity contribution in [2.24, 2.45) is 0 Å². The second kappa shape index (κ2) is 5.61. The summed E-state index contributed by atoms with van der Waals surface area (Å²) in [5.41, 5.74) is 1.45. The maximum Gasteiger partial charge on any atom is 0.280 e. The highest BCUT2D eigenvalue weighted by atomic mass is 16.6. The minimum Gasteiger partial charge on any atom is -0.293 e. The van der Waals surface area contributed by atoms with Gasteiger partial charge in [-0.1, -0.05) is 19.1 Å². The van der Waals surface area contributed by atoms with E-state index in [-0.39, 0.29) is 17.0 Å². The van der Waals surface area contributed by atoms with E-state index >= 15 is 0 Å². The van der Waals surface area contributed by atoms with Gasteiger partial charge in [0.25, 0.3) is 5.69 Å². The number of carbonyl (C=O) groups excluding carboxylic acids is 1. The summed E-state index contributed by atoms with van der Waals surface area (Å²) in [5, 5.41) is 11.1. The summed E-state index contributed by atoms with van der Waals surface area (Å²) < 4.78 is 0. The van der Waals surface area contributed by atoms with Gasteiger partial charge in [-0.25, -0.2) is 0 Å². The molecule has 1 unspecified atom stereocenters. The van der Waals surface area contributed by atoms with Crippen molar-refractivity contribution in [2.75, 3.05) is 0 Å². The smallest absolute Gasteiger partial charge is 0.280 e. The first-order valence-electron chi connectivity index (χ1n) is 6.20. The van der Waals surface area contributed by atoms with Gasteiger partial charge in [0, 0.05) is 24.4 Å². The number of aromatic nitrogens is 1. The molecule has 0 N–H and O–H groups in total. The van der Waals surface area contributed by atoms with Crippen LogP contribution in [-0.2, 0) is 0 Å². The highest BCUT2D eigenvalue weighted by molar-refractivity contribution is 6.05. The summed E-state index contributed by atoms with van der Waals surface area (Å²) in [6.07, 6.45) is 3.21. The number of carbonyl (C=O) groups is 1. The largest absolute Gasteiger partial charge is 0.293 e. The maximum atomic E-state index is 12.6. The van der Waals surface area contributed by atoms with Gasteiger partial charge < -0.3 is 0 Å². The number of rotatable bonds is 4. The zero-order chi connectivity index (χ0) is 14.7. The topological polar surface area (TPSA) is 73.1 Å². The highest BCUT2D eigenvalue weighted by Gasteiger charge is 2.26. The van der Waals surface area contributed by atoms with E-state index in [9.17, 15) is 14.9 Å². The van der Waals surface area contributed by atoms with Crippen LogP contribution in [0.1, 0.15) is 34.3 Å². The monoisotopic (exact) mass is 270 g/mol. The van der Waals surface area contributed by atoms with E-state index in [1.54, 1.807) is 50.5 Å². The number of nitrogens with zero attached hydrogens (tertiary/aromatic N) is 2. The Morgan fingerprint density at radius 2 is 1.90 bits per heavy atom. The first-order valence-corrected chi connectivity index (χ1v) is 6.20. The Morgan fingerprint density at radius 3 is 2.50 bits per heavy atom. The molecule has 0 saturated carbocycles. The third-order valence-corrected chi connectivity index (χ3v) is 3.29. The molecule has 0 aliphatic carbocycles. The number of nitro groups is 1. The Balaban J connectivity index is 2.47. The SMILES string of the molecule is Cc1cccc([N+](=O)[O-])c1C(=O)C(C)c1ccncc1. The van der Waals surface area contributed by atoms with Crippen molar-refractivity contribution in [1.29, 1.82) is 0 Å². The Bertz CT molecular complexity index is 653. The summed E-state index contributed by atoms with van der Waals surface area (Å²) in [6, 6.07) is 8.14. The van der Waals surface area contributed by atoms with Crippen LogP contribution in [0, 0.1) is 17.0 Å². The number of pyridine rings is 1. The lowest BCUT2D eigenvalue weighted by atomic mass is 9.90. The van der Waals surface area contributed by atoms with Gasteiger partial charge in [0.05, 0.1) is 10.5 Å². The summed E-state index contributed by atoms with van der Waals surface area (Å²) in [5.74, 6) is -0.696. The molecular weight excluding hydrogens is 256 g/mol. The van der Waals surface area contributed by atoms with Crippen molar-refractivity contribution in [3.05, 3.63) is 69.5 Å². The first-order chi connectivity index (χ1) is 9.52. The predicted octanol–water partition coefficient (Wildman–Crippen LogP) is 3.28. The molecule has 20 heavy (non-hydrogen) atoms. The summed E-state index contributed by atoms with van der Waals surface area (Å²) >= 11 is 0. The standard InChI is InChI=1S/C15H14N2O3/c1-10-4-3-5-13(17(19)20)14(10)15(18)11(2)12-6-8-16-9-7-12/h3-9,11H,1-2H3.